The Bertz CT molecular complexity index is 557. The fraction of sp³-hybridized carbons (Fsp3) is 0.438. The van der Waals surface area contributed by atoms with Crippen LogP contribution in [0.25, 0.3) is 10.9 Å². The maximum atomic E-state index is 9.33. The smallest absolute Gasteiger partial charge is 0.145 e. The van der Waals surface area contributed by atoms with Crippen LogP contribution in [0.2, 0.25) is 0 Å². The fourth-order valence-electron chi connectivity index (χ4n) is 2.05. The van der Waals surface area contributed by atoms with Gasteiger partial charge in [0.25, 0.3) is 0 Å². The summed E-state index contributed by atoms with van der Waals surface area (Å²) >= 11 is 0. The normalized spacial score (nSPS) is 12.6. The second-order valence-corrected chi connectivity index (χ2v) is 4.93. The predicted octanol–water partition coefficient (Wildman–Crippen LogP) is 2.28. The number of ether oxygens (including phenoxy) is 1. The first-order valence-corrected chi connectivity index (χ1v) is 7.08. The highest BCUT2D eigenvalue weighted by molar-refractivity contribution is 5.84. The minimum Gasteiger partial charge on any atom is -0.490 e. The van der Waals surface area contributed by atoms with Gasteiger partial charge in [0, 0.05) is 11.1 Å². The zero-order valence-electron chi connectivity index (χ0n) is 12.1. The van der Waals surface area contributed by atoms with E-state index in [1.54, 1.807) is 0 Å². The lowest BCUT2D eigenvalue weighted by Gasteiger charge is -2.17. The molecular formula is C16H22N2O2. The molecule has 20 heavy (non-hydrogen) atoms. The second kappa shape index (κ2) is 7.22. The summed E-state index contributed by atoms with van der Waals surface area (Å²) in [5.74, 6) is 0.767. The van der Waals surface area contributed by atoms with Gasteiger partial charge < -0.3 is 15.2 Å². The van der Waals surface area contributed by atoms with Gasteiger partial charge in [0.05, 0.1) is 12.6 Å². The summed E-state index contributed by atoms with van der Waals surface area (Å²) in [6.07, 6.45) is 1.03. The number of pyridine rings is 1. The zero-order valence-corrected chi connectivity index (χ0v) is 12.1. The van der Waals surface area contributed by atoms with Crippen LogP contribution < -0.4 is 10.1 Å². The minimum absolute atomic E-state index is 0.0463. The van der Waals surface area contributed by atoms with Gasteiger partial charge in [-0.25, -0.2) is 4.98 Å². The topological polar surface area (TPSA) is 54.4 Å². The molecule has 0 aliphatic carbocycles. The summed E-state index contributed by atoms with van der Waals surface area (Å²) < 4.78 is 5.84. The van der Waals surface area contributed by atoms with Crippen LogP contribution in [0.1, 0.15) is 19.0 Å². The third kappa shape index (κ3) is 3.68. The first-order valence-electron chi connectivity index (χ1n) is 7.08. The van der Waals surface area contributed by atoms with Crippen molar-refractivity contribution in [1.82, 2.24) is 10.3 Å². The number of aliphatic hydroxyl groups is 1. The van der Waals surface area contributed by atoms with Crippen molar-refractivity contribution in [2.75, 3.05) is 19.8 Å². The maximum Gasteiger partial charge on any atom is 0.145 e. The molecular weight excluding hydrogens is 252 g/mol. The Hall–Kier alpha value is -1.65. The SMILES string of the molecule is CCCNC(CO)COc1cccc2ccc(C)nc12. The molecule has 4 heteroatoms. The van der Waals surface area contributed by atoms with Crippen LogP contribution in [0, 0.1) is 6.92 Å². The number of rotatable bonds is 7. The Morgan fingerprint density at radius 2 is 2.15 bits per heavy atom. The van der Waals surface area contributed by atoms with Gasteiger partial charge in [-0.1, -0.05) is 25.1 Å². The lowest BCUT2D eigenvalue weighted by molar-refractivity contribution is 0.184. The van der Waals surface area contributed by atoms with Gasteiger partial charge in [-0.3, -0.25) is 0 Å². The van der Waals surface area contributed by atoms with Crippen LogP contribution in [0.3, 0.4) is 0 Å². The molecule has 2 N–H and O–H groups in total. The Morgan fingerprint density at radius 3 is 2.90 bits per heavy atom. The van der Waals surface area contributed by atoms with Crippen LogP contribution in [0.15, 0.2) is 30.3 Å². The Balaban J connectivity index is 2.11. The largest absolute Gasteiger partial charge is 0.490 e. The second-order valence-electron chi connectivity index (χ2n) is 4.93. The number of aromatic nitrogens is 1. The van der Waals surface area contributed by atoms with E-state index in [-0.39, 0.29) is 12.6 Å². The van der Waals surface area contributed by atoms with E-state index in [4.69, 9.17) is 4.74 Å². The van der Waals surface area contributed by atoms with Crippen molar-refractivity contribution in [3.63, 3.8) is 0 Å². The van der Waals surface area contributed by atoms with E-state index in [1.165, 1.54) is 0 Å². The molecule has 1 aromatic carbocycles. The zero-order chi connectivity index (χ0) is 14.4. The molecule has 0 radical (unpaired) electrons. The van der Waals surface area contributed by atoms with Gasteiger partial charge in [-0.05, 0) is 32.0 Å². The van der Waals surface area contributed by atoms with Crippen LogP contribution in [0.4, 0.5) is 0 Å². The van der Waals surface area contributed by atoms with Gasteiger partial charge in [0.2, 0.25) is 0 Å². The molecule has 0 saturated heterocycles. The van der Waals surface area contributed by atoms with Crippen molar-refractivity contribution < 1.29 is 9.84 Å². The Kier molecular flexibility index (Phi) is 5.32. The van der Waals surface area contributed by atoms with Crippen molar-refractivity contribution in [3.05, 3.63) is 36.0 Å². The average Bonchev–Trinajstić information content (AvgIpc) is 2.47. The number of aryl methyl sites for hydroxylation is 1. The van der Waals surface area contributed by atoms with Crippen LogP contribution in [0.5, 0.6) is 5.75 Å². The van der Waals surface area contributed by atoms with Crippen molar-refractivity contribution >= 4 is 10.9 Å². The highest BCUT2D eigenvalue weighted by Crippen LogP contribution is 2.23. The average molecular weight is 274 g/mol. The molecule has 2 aromatic rings. The van der Waals surface area contributed by atoms with Gasteiger partial charge in [0.1, 0.15) is 17.9 Å². The number of nitrogens with one attached hydrogen (secondary N) is 1. The molecule has 0 aliphatic rings. The Morgan fingerprint density at radius 1 is 1.30 bits per heavy atom. The van der Waals surface area contributed by atoms with E-state index in [0.717, 1.165) is 35.3 Å². The van der Waals surface area contributed by atoms with Crippen molar-refractivity contribution in [2.24, 2.45) is 0 Å². The Labute approximate surface area is 119 Å². The highest BCUT2D eigenvalue weighted by atomic mass is 16.5. The first-order chi connectivity index (χ1) is 9.74. The van der Waals surface area contributed by atoms with E-state index in [0.29, 0.717) is 6.61 Å². The van der Waals surface area contributed by atoms with Crippen molar-refractivity contribution in [1.29, 1.82) is 0 Å². The van der Waals surface area contributed by atoms with E-state index in [2.05, 4.69) is 17.2 Å². The number of hydrogen-bond acceptors (Lipinski definition) is 4. The van der Waals surface area contributed by atoms with E-state index < -0.39 is 0 Å². The number of aliphatic hydroxyl groups excluding tert-OH is 1. The molecule has 1 atom stereocenters. The molecule has 0 fully saturated rings. The van der Waals surface area contributed by atoms with E-state index in [9.17, 15) is 5.11 Å². The first kappa shape index (κ1) is 14.8. The van der Waals surface area contributed by atoms with Crippen LogP contribution in [-0.4, -0.2) is 35.9 Å². The summed E-state index contributed by atoms with van der Waals surface area (Å²) in [5.41, 5.74) is 1.84. The maximum absolute atomic E-state index is 9.33. The molecule has 0 spiro atoms. The molecule has 0 saturated carbocycles. The van der Waals surface area contributed by atoms with Gasteiger partial charge in [-0.2, -0.15) is 0 Å². The number of hydrogen-bond donors (Lipinski definition) is 2. The highest BCUT2D eigenvalue weighted by Gasteiger charge is 2.09. The standard InChI is InChI=1S/C16H22N2O2/c1-3-9-17-14(10-19)11-20-15-6-4-5-13-8-7-12(2)18-16(13)15/h4-8,14,17,19H,3,9-11H2,1-2H3. The van der Waals surface area contributed by atoms with Crippen LogP contribution >= 0.6 is 0 Å². The molecule has 0 bridgehead atoms. The quantitative estimate of drug-likeness (QED) is 0.813. The van der Waals surface area contributed by atoms with E-state index in [1.807, 2.05) is 37.3 Å². The predicted molar refractivity (Wildman–Crippen MR) is 81.1 cm³/mol. The summed E-state index contributed by atoms with van der Waals surface area (Å²) in [7, 11) is 0. The summed E-state index contributed by atoms with van der Waals surface area (Å²) in [5, 5.41) is 13.6. The van der Waals surface area contributed by atoms with E-state index >= 15 is 0 Å². The molecule has 108 valence electrons. The number of benzene rings is 1. The van der Waals surface area contributed by atoms with Crippen molar-refractivity contribution in [3.8, 4) is 5.75 Å². The molecule has 1 heterocycles. The minimum atomic E-state index is -0.0463. The molecule has 4 nitrogen and oxygen atoms in total. The third-order valence-corrected chi connectivity index (χ3v) is 3.17. The van der Waals surface area contributed by atoms with Gasteiger partial charge in [0.15, 0.2) is 0 Å². The summed E-state index contributed by atoms with van der Waals surface area (Å²) in [6, 6.07) is 9.89. The van der Waals surface area contributed by atoms with Gasteiger partial charge >= 0.3 is 0 Å². The molecule has 2 rings (SSSR count). The number of para-hydroxylation sites is 1. The molecule has 0 aliphatic heterocycles. The summed E-state index contributed by atoms with van der Waals surface area (Å²) in [4.78, 5) is 4.53. The molecule has 1 aromatic heterocycles. The summed E-state index contributed by atoms with van der Waals surface area (Å²) in [6.45, 7) is 5.44. The third-order valence-electron chi connectivity index (χ3n) is 3.17. The molecule has 1 unspecified atom stereocenters. The number of nitrogens with zero attached hydrogens (tertiary/aromatic N) is 1. The fourth-order valence-corrected chi connectivity index (χ4v) is 2.05. The monoisotopic (exact) mass is 274 g/mol. The lowest BCUT2D eigenvalue weighted by Crippen LogP contribution is -2.38. The van der Waals surface area contributed by atoms with Crippen LogP contribution in [-0.2, 0) is 0 Å². The number of fused-ring (bicyclic) bond motifs is 1. The lowest BCUT2D eigenvalue weighted by atomic mass is 10.2. The van der Waals surface area contributed by atoms with Crippen molar-refractivity contribution in [2.45, 2.75) is 26.3 Å². The molecule has 0 amide bonds. The van der Waals surface area contributed by atoms with Gasteiger partial charge in [-0.15, -0.1) is 0 Å².